The fraction of sp³-hybridized carbons (Fsp3) is 0.368. The number of nitrogens with zero attached hydrogens (tertiary/aromatic N) is 1. The summed E-state index contributed by atoms with van der Waals surface area (Å²) in [6, 6.07) is 9.80. The van der Waals surface area contributed by atoms with Crippen LogP contribution in [0.5, 0.6) is 0 Å². The van der Waals surface area contributed by atoms with Gasteiger partial charge in [-0.15, -0.1) is 0 Å². The van der Waals surface area contributed by atoms with Crippen molar-refractivity contribution in [3.63, 3.8) is 0 Å². The first kappa shape index (κ1) is 15.5. The third-order valence-corrected chi connectivity index (χ3v) is 4.29. The van der Waals surface area contributed by atoms with Crippen LogP contribution < -0.4 is 5.32 Å². The lowest BCUT2D eigenvalue weighted by Gasteiger charge is -2.20. The van der Waals surface area contributed by atoms with Gasteiger partial charge < -0.3 is 10.4 Å². The van der Waals surface area contributed by atoms with Gasteiger partial charge in [-0.05, 0) is 67.5 Å². The van der Waals surface area contributed by atoms with Gasteiger partial charge >= 0.3 is 5.97 Å². The maximum absolute atomic E-state index is 10.8. The Balaban J connectivity index is 1.76. The van der Waals surface area contributed by atoms with Gasteiger partial charge in [0.1, 0.15) is 0 Å². The van der Waals surface area contributed by atoms with Crippen molar-refractivity contribution in [3.8, 4) is 0 Å². The maximum atomic E-state index is 10.8. The van der Waals surface area contributed by atoms with Gasteiger partial charge in [-0.2, -0.15) is 0 Å². The molecule has 0 radical (unpaired) electrons. The summed E-state index contributed by atoms with van der Waals surface area (Å²) in [5.41, 5.74) is 6.82. The van der Waals surface area contributed by atoms with Crippen LogP contribution in [0.3, 0.4) is 0 Å². The van der Waals surface area contributed by atoms with Crippen molar-refractivity contribution < 1.29 is 9.90 Å². The molecule has 1 aliphatic carbocycles. The third kappa shape index (κ3) is 3.89. The summed E-state index contributed by atoms with van der Waals surface area (Å²) in [6.07, 6.45) is 4.71. The molecule has 0 fully saturated rings. The molecule has 2 aromatic rings. The molecule has 1 aromatic heterocycles. The van der Waals surface area contributed by atoms with E-state index in [2.05, 4.69) is 16.4 Å². The first-order chi connectivity index (χ1) is 11.1. The quantitative estimate of drug-likeness (QED) is 0.887. The van der Waals surface area contributed by atoms with Crippen molar-refractivity contribution in [2.75, 3.05) is 5.32 Å². The molecule has 3 rings (SSSR count). The number of aliphatic carboxylic acids is 1. The van der Waals surface area contributed by atoms with Gasteiger partial charge in [0.15, 0.2) is 0 Å². The predicted molar refractivity (Wildman–Crippen MR) is 90.7 cm³/mol. The van der Waals surface area contributed by atoms with Crippen molar-refractivity contribution >= 4 is 11.7 Å². The van der Waals surface area contributed by atoms with E-state index in [9.17, 15) is 4.79 Å². The zero-order valence-electron chi connectivity index (χ0n) is 13.4. The molecule has 0 atom stereocenters. The summed E-state index contributed by atoms with van der Waals surface area (Å²) in [7, 11) is 0. The fourth-order valence-electron chi connectivity index (χ4n) is 3.26. The first-order valence-electron chi connectivity index (χ1n) is 8.14. The summed E-state index contributed by atoms with van der Waals surface area (Å²) in [5, 5.41) is 12.3. The van der Waals surface area contributed by atoms with Crippen molar-refractivity contribution in [1.29, 1.82) is 0 Å². The van der Waals surface area contributed by atoms with E-state index in [0.29, 0.717) is 0 Å². The Morgan fingerprint density at radius 2 is 2.09 bits per heavy atom. The first-order valence-corrected chi connectivity index (χ1v) is 8.14. The Morgan fingerprint density at radius 1 is 1.26 bits per heavy atom. The molecule has 0 aliphatic heterocycles. The van der Waals surface area contributed by atoms with Crippen molar-refractivity contribution in [3.05, 3.63) is 58.4 Å². The maximum Gasteiger partial charge on any atom is 0.307 e. The summed E-state index contributed by atoms with van der Waals surface area (Å²) in [6.45, 7) is 2.80. The topological polar surface area (TPSA) is 62.2 Å². The molecule has 0 amide bonds. The van der Waals surface area contributed by atoms with Gasteiger partial charge in [-0.1, -0.05) is 12.1 Å². The molecule has 1 heterocycles. The van der Waals surface area contributed by atoms with Gasteiger partial charge in [0.05, 0.1) is 6.42 Å². The van der Waals surface area contributed by atoms with Gasteiger partial charge in [-0.3, -0.25) is 9.78 Å². The lowest BCUT2D eigenvalue weighted by atomic mass is 9.91. The van der Waals surface area contributed by atoms with Crippen molar-refractivity contribution in [2.45, 2.75) is 45.6 Å². The average Bonchev–Trinajstić information content (AvgIpc) is 2.52. The number of anilines is 1. The number of aromatic nitrogens is 1. The van der Waals surface area contributed by atoms with Crippen LogP contribution in [0, 0.1) is 6.92 Å². The summed E-state index contributed by atoms with van der Waals surface area (Å²) >= 11 is 0. The second-order valence-electron chi connectivity index (χ2n) is 6.18. The monoisotopic (exact) mass is 310 g/mol. The number of pyridine rings is 1. The van der Waals surface area contributed by atoms with Crippen LogP contribution in [0.25, 0.3) is 0 Å². The number of carbonyl (C=O) groups is 1. The van der Waals surface area contributed by atoms with E-state index in [4.69, 9.17) is 5.11 Å². The van der Waals surface area contributed by atoms with E-state index in [-0.39, 0.29) is 6.42 Å². The molecule has 0 saturated carbocycles. The standard InChI is InChI=1S/C19H22N2O2/c1-13-9-15(17-7-2-3-8-18(17)21-13)12-20-16-6-4-5-14(10-16)11-19(22)23/h4-6,9-10,20H,2-3,7-8,11-12H2,1H3,(H,22,23). The Kier molecular flexibility index (Phi) is 4.60. The molecule has 23 heavy (non-hydrogen) atoms. The Bertz CT molecular complexity index is 725. The zero-order chi connectivity index (χ0) is 16.2. The van der Waals surface area contributed by atoms with E-state index < -0.39 is 5.97 Å². The van der Waals surface area contributed by atoms with Crippen LogP contribution in [0.4, 0.5) is 5.69 Å². The molecule has 0 unspecified atom stereocenters. The Labute approximate surface area is 136 Å². The third-order valence-electron chi connectivity index (χ3n) is 4.29. The molecule has 1 aliphatic rings. The minimum Gasteiger partial charge on any atom is -0.481 e. The summed E-state index contributed by atoms with van der Waals surface area (Å²) in [5.74, 6) is -0.805. The normalized spacial score (nSPS) is 13.4. The molecular weight excluding hydrogens is 288 g/mol. The van der Waals surface area contributed by atoms with E-state index in [0.717, 1.165) is 36.3 Å². The number of benzene rings is 1. The molecule has 2 N–H and O–H groups in total. The van der Waals surface area contributed by atoms with Crippen LogP contribution in [0.1, 0.15) is 40.9 Å². The van der Waals surface area contributed by atoms with Crippen LogP contribution in [-0.2, 0) is 30.6 Å². The van der Waals surface area contributed by atoms with Gasteiger partial charge in [0.25, 0.3) is 0 Å². The van der Waals surface area contributed by atoms with E-state index in [1.807, 2.05) is 31.2 Å². The Morgan fingerprint density at radius 3 is 2.91 bits per heavy atom. The number of carboxylic acids is 1. The van der Waals surface area contributed by atoms with E-state index in [1.165, 1.54) is 29.7 Å². The van der Waals surface area contributed by atoms with Crippen LogP contribution in [0.2, 0.25) is 0 Å². The second kappa shape index (κ2) is 6.82. The molecule has 4 nitrogen and oxygen atoms in total. The van der Waals surface area contributed by atoms with Gasteiger partial charge in [-0.25, -0.2) is 0 Å². The number of nitrogens with one attached hydrogen (secondary N) is 1. The average molecular weight is 310 g/mol. The highest BCUT2D eigenvalue weighted by atomic mass is 16.4. The highest BCUT2D eigenvalue weighted by Gasteiger charge is 2.15. The largest absolute Gasteiger partial charge is 0.481 e. The minimum atomic E-state index is -0.805. The number of hydrogen-bond acceptors (Lipinski definition) is 3. The Hall–Kier alpha value is -2.36. The second-order valence-corrected chi connectivity index (χ2v) is 6.18. The predicted octanol–water partition coefficient (Wildman–Crippen LogP) is 3.51. The van der Waals surface area contributed by atoms with Crippen LogP contribution in [0.15, 0.2) is 30.3 Å². The minimum absolute atomic E-state index is 0.0548. The summed E-state index contributed by atoms with van der Waals surface area (Å²) < 4.78 is 0. The SMILES string of the molecule is Cc1cc(CNc2cccc(CC(=O)O)c2)c2c(n1)CCCC2. The lowest BCUT2D eigenvalue weighted by molar-refractivity contribution is -0.136. The number of fused-ring (bicyclic) bond motifs is 1. The molecular formula is C19H22N2O2. The van der Waals surface area contributed by atoms with Crippen molar-refractivity contribution in [1.82, 2.24) is 4.98 Å². The molecule has 120 valence electrons. The number of carboxylic acid groups (broad SMARTS) is 1. The summed E-state index contributed by atoms with van der Waals surface area (Å²) in [4.78, 5) is 15.5. The van der Waals surface area contributed by atoms with Crippen molar-refractivity contribution in [2.24, 2.45) is 0 Å². The smallest absolute Gasteiger partial charge is 0.307 e. The number of aryl methyl sites for hydroxylation is 2. The van der Waals surface area contributed by atoms with Crippen LogP contribution in [-0.4, -0.2) is 16.1 Å². The van der Waals surface area contributed by atoms with Gasteiger partial charge in [0.2, 0.25) is 0 Å². The number of hydrogen-bond donors (Lipinski definition) is 2. The molecule has 0 saturated heterocycles. The highest BCUT2D eigenvalue weighted by Crippen LogP contribution is 2.24. The van der Waals surface area contributed by atoms with Gasteiger partial charge in [0, 0.05) is 23.6 Å². The molecule has 1 aromatic carbocycles. The van der Waals surface area contributed by atoms with Crippen LogP contribution >= 0.6 is 0 Å². The molecule has 4 heteroatoms. The fourth-order valence-corrected chi connectivity index (χ4v) is 3.26. The molecule has 0 bridgehead atoms. The number of rotatable bonds is 5. The zero-order valence-corrected chi connectivity index (χ0v) is 13.4. The highest BCUT2D eigenvalue weighted by molar-refractivity contribution is 5.70. The van der Waals surface area contributed by atoms with E-state index >= 15 is 0 Å². The molecule has 0 spiro atoms. The lowest BCUT2D eigenvalue weighted by Crippen LogP contribution is -2.12. The van der Waals surface area contributed by atoms with E-state index in [1.54, 1.807) is 0 Å².